The SMILES string of the molecule is CCCNCC1CCC(CCC)CC1CCCCOC. The van der Waals surface area contributed by atoms with Gasteiger partial charge in [-0.1, -0.05) is 46.0 Å². The van der Waals surface area contributed by atoms with Gasteiger partial charge in [0.1, 0.15) is 0 Å². The van der Waals surface area contributed by atoms with Crippen molar-refractivity contribution in [1.29, 1.82) is 0 Å². The molecular weight excluding hydrogens is 246 g/mol. The lowest BCUT2D eigenvalue weighted by Gasteiger charge is -2.36. The van der Waals surface area contributed by atoms with Crippen LogP contribution in [-0.4, -0.2) is 26.8 Å². The Labute approximate surface area is 127 Å². The lowest BCUT2D eigenvalue weighted by Crippen LogP contribution is -2.33. The topological polar surface area (TPSA) is 21.3 Å². The number of hydrogen-bond acceptors (Lipinski definition) is 2. The number of rotatable bonds is 11. The van der Waals surface area contributed by atoms with Gasteiger partial charge in [-0.2, -0.15) is 0 Å². The second-order valence-corrected chi connectivity index (χ2v) is 6.68. The number of nitrogens with one attached hydrogen (secondary N) is 1. The maximum Gasteiger partial charge on any atom is 0.0462 e. The number of unbranched alkanes of at least 4 members (excludes halogenated alkanes) is 1. The molecule has 1 N–H and O–H groups in total. The normalized spacial score (nSPS) is 26.9. The van der Waals surface area contributed by atoms with Crippen molar-refractivity contribution in [2.45, 2.75) is 71.6 Å². The third kappa shape index (κ3) is 7.08. The van der Waals surface area contributed by atoms with Crippen molar-refractivity contribution in [2.24, 2.45) is 17.8 Å². The Morgan fingerprint density at radius 2 is 1.85 bits per heavy atom. The fourth-order valence-corrected chi connectivity index (χ4v) is 3.83. The van der Waals surface area contributed by atoms with Crippen molar-refractivity contribution in [3.63, 3.8) is 0 Å². The van der Waals surface area contributed by atoms with Gasteiger partial charge in [-0.15, -0.1) is 0 Å². The molecule has 0 bridgehead atoms. The van der Waals surface area contributed by atoms with Gasteiger partial charge >= 0.3 is 0 Å². The maximum absolute atomic E-state index is 5.18. The van der Waals surface area contributed by atoms with E-state index < -0.39 is 0 Å². The maximum atomic E-state index is 5.18. The van der Waals surface area contributed by atoms with Crippen LogP contribution in [0.4, 0.5) is 0 Å². The van der Waals surface area contributed by atoms with E-state index in [-0.39, 0.29) is 0 Å². The summed E-state index contributed by atoms with van der Waals surface area (Å²) in [5, 5.41) is 3.66. The molecule has 0 heterocycles. The highest BCUT2D eigenvalue weighted by molar-refractivity contribution is 4.81. The highest BCUT2D eigenvalue weighted by atomic mass is 16.5. The Balaban J connectivity index is 2.35. The lowest BCUT2D eigenvalue weighted by molar-refractivity contribution is 0.148. The van der Waals surface area contributed by atoms with Gasteiger partial charge in [0.05, 0.1) is 0 Å². The smallest absolute Gasteiger partial charge is 0.0462 e. The van der Waals surface area contributed by atoms with Gasteiger partial charge in [0.2, 0.25) is 0 Å². The molecule has 120 valence electrons. The van der Waals surface area contributed by atoms with Crippen LogP contribution in [0.25, 0.3) is 0 Å². The van der Waals surface area contributed by atoms with Crippen molar-refractivity contribution >= 4 is 0 Å². The van der Waals surface area contributed by atoms with Crippen molar-refractivity contribution in [2.75, 3.05) is 26.8 Å². The minimum absolute atomic E-state index is 0.928. The van der Waals surface area contributed by atoms with Crippen LogP contribution < -0.4 is 5.32 Å². The van der Waals surface area contributed by atoms with E-state index in [9.17, 15) is 0 Å². The van der Waals surface area contributed by atoms with E-state index in [4.69, 9.17) is 4.74 Å². The first-order valence-corrected chi connectivity index (χ1v) is 9.01. The molecule has 1 fully saturated rings. The molecule has 1 aliphatic rings. The third-order valence-corrected chi connectivity index (χ3v) is 4.95. The summed E-state index contributed by atoms with van der Waals surface area (Å²) >= 11 is 0. The average molecular weight is 283 g/mol. The van der Waals surface area contributed by atoms with Crippen LogP contribution in [0.1, 0.15) is 71.6 Å². The van der Waals surface area contributed by atoms with Gasteiger partial charge in [0.25, 0.3) is 0 Å². The van der Waals surface area contributed by atoms with E-state index in [1.807, 2.05) is 7.11 Å². The standard InChI is InChI=1S/C18H37NO/c1-4-8-16-10-11-18(15-19-12-5-2)17(14-16)9-6-7-13-20-3/h16-19H,4-15H2,1-3H3. The van der Waals surface area contributed by atoms with Gasteiger partial charge in [0, 0.05) is 13.7 Å². The zero-order valence-corrected chi connectivity index (χ0v) is 14.1. The predicted molar refractivity (Wildman–Crippen MR) is 88.1 cm³/mol. The molecule has 1 aliphatic carbocycles. The summed E-state index contributed by atoms with van der Waals surface area (Å²) in [4.78, 5) is 0. The van der Waals surface area contributed by atoms with Crippen LogP contribution in [0.3, 0.4) is 0 Å². The Morgan fingerprint density at radius 3 is 2.55 bits per heavy atom. The summed E-state index contributed by atoms with van der Waals surface area (Å²) in [6.07, 6.45) is 12.5. The third-order valence-electron chi connectivity index (χ3n) is 4.95. The Hall–Kier alpha value is -0.0800. The van der Waals surface area contributed by atoms with Crippen LogP contribution in [0, 0.1) is 17.8 Å². The minimum atomic E-state index is 0.928. The molecule has 0 aliphatic heterocycles. The van der Waals surface area contributed by atoms with E-state index in [0.29, 0.717) is 0 Å². The zero-order chi connectivity index (χ0) is 14.6. The zero-order valence-electron chi connectivity index (χ0n) is 14.1. The van der Waals surface area contributed by atoms with E-state index in [1.54, 1.807) is 0 Å². The molecule has 20 heavy (non-hydrogen) atoms. The molecule has 2 nitrogen and oxygen atoms in total. The van der Waals surface area contributed by atoms with E-state index in [1.165, 1.54) is 70.9 Å². The predicted octanol–water partition coefficient (Wildman–Crippen LogP) is 4.64. The van der Waals surface area contributed by atoms with Crippen molar-refractivity contribution in [1.82, 2.24) is 5.32 Å². The van der Waals surface area contributed by atoms with Crippen molar-refractivity contribution in [3.8, 4) is 0 Å². The highest BCUT2D eigenvalue weighted by Crippen LogP contribution is 2.38. The molecule has 3 unspecified atom stereocenters. The molecule has 0 aromatic heterocycles. The fourth-order valence-electron chi connectivity index (χ4n) is 3.83. The minimum Gasteiger partial charge on any atom is -0.385 e. The molecule has 0 spiro atoms. The molecule has 0 radical (unpaired) electrons. The average Bonchev–Trinajstić information content (AvgIpc) is 2.46. The number of hydrogen-bond donors (Lipinski definition) is 1. The van der Waals surface area contributed by atoms with Gasteiger partial charge < -0.3 is 10.1 Å². The molecule has 3 atom stereocenters. The molecule has 0 aromatic carbocycles. The van der Waals surface area contributed by atoms with Crippen LogP contribution >= 0.6 is 0 Å². The first kappa shape index (κ1) is 18.0. The Bertz CT molecular complexity index is 219. The molecule has 1 rings (SSSR count). The van der Waals surface area contributed by atoms with E-state index in [0.717, 1.165) is 24.4 Å². The van der Waals surface area contributed by atoms with Crippen LogP contribution in [-0.2, 0) is 4.74 Å². The second-order valence-electron chi connectivity index (χ2n) is 6.68. The number of ether oxygens (including phenoxy) is 1. The van der Waals surface area contributed by atoms with Gasteiger partial charge in [-0.3, -0.25) is 0 Å². The van der Waals surface area contributed by atoms with E-state index in [2.05, 4.69) is 19.2 Å². The highest BCUT2D eigenvalue weighted by Gasteiger charge is 2.29. The molecule has 0 aromatic rings. The molecular formula is C18H37NO. The molecule has 0 amide bonds. The Morgan fingerprint density at radius 1 is 1.00 bits per heavy atom. The molecule has 1 saturated carbocycles. The molecule has 2 heteroatoms. The van der Waals surface area contributed by atoms with Crippen LogP contribution in [0.2, 0.25) is 0 Å². The van der Waals surface area contributed by atoms with Crippen LogP contribution in [0.5, 0.6) is 0 Å². The Kier molecular flexibility index (Phi) is 10.4. The molecule has 0 saturated heterocycles. The second kappa shape index (κ2) is 11.6. The van der Waals surface area contributed by atoms with Crippen LogP contribution in [0.15, 0.2) is 0 Å². The number of methoxy groups -OCH3 is 1. The summed E-state index contributed by atoms with van der Waals surface area (Å²) in [5.41, 5.74) is 0. The van der Waals surface area contributed by atoms with Gasteiger partial charge in [-0.25, -0.2) is 0 Å². The quantitative estimate of drug-likeness (QED) is 0.558. The summed E-state index contributed by atoms with van der Waals surface area (Å²) in [5.74, 6) is 2.90. The summed E-state index contributed by atoms with van der Waals surface area (Å²) in [7, 11) is 1.81. The van der Waals surface area contributed by atoms with E-state index >= 15 is 0 Å². The fraction of sp³-hybridized carbons (Fsp3) is 1.00. The first-order valence-electron chi connectivity index (χ1n) is 9.01. The summed E-state index contributed by atoms with van der Waals surface area (Å²) in [6, 6.07) is 0. The van der Waals surface area contributed by atoms with Crippen molar-refractivity contribution < 1.29 is 4.74 Å². The monoisotopic (exact) mass is 283 g/mol. The van der Waals surface area contributed by atoms with Gasteiger partial charge in [-0.05, 0) is 56.5 Å². The largest absolute Gasteiger partial charge is 0.385 e. The first-order chi connectivity index (χ1) is 9.81. The summed E-state index contributed by atoms with van der Waals surface area (Å²) < 4.78 is 5.18. The lowest BCUT2D eigenvalue weighted by atomic mass is 9.71. The van der Waals surface area contributed by atoms with Crippen molar-refractivity contribution in [3.05, 3.63) is 0 Å². The summed E-state index contributed by atoms with van der Waals surface area (Å²) in [6.45, 7) is 7.96. The van der Waals surface area contributed by atoms with Gasteiger partial charge in [0.15, 0.2) is 0 Å².